The lowest BCUT2D eigenvalue weighted by atomic mass is 10.0. The van der Waals surface area contributed by atoms with Gasteiger partial charge >= 0.3 is 0 Å². The second-order valence-corrected chi connectivity index (χ2v) is 5.58. The molecule has 0 bridgehead atoms. The lowest BCUT2D eigenvalue weighted by Crippen LogP contribution is -2.44. The number of carbonyl (C=O) groups is 1. The average Bonchev–Trinajstić information content (AvgIpc) is 2.48. The van der Waals surface area contributed by atoms with Crippen molar-refractivity contribution in [3.63, 3.8) is 0 Å². The van der Waals surface area contributed by atoms with Crippen molar-refractivity contribution >= 4 is 11.6 Å². The number of piperidine rings is 1. The van der Waals surface area contributed by atoms with Gasteiger partial charge in [-0.25, -0.2) is 0 Å². The van der Waals surface area contributed by atoms with Crippen molar-refractivity contribution in [1.29, 1.82) is 0 Å². The summed E-state index contributed by atoms with van der Waals surface area (Å²) >= 11 is 0. The summed E-state index contributed by atoms with van der Waals surface area (Å²) in [6.45, 7) is 2.87. The summed E-state index contributed by atoms with van der Waals surface area (Å²) in [5.41, 5.74) is 1.07. The van der Waals surface area contributed by atoms with Gasteiger partial charge in [0.05, 0.1) is 0 Å². The third-order valence-corrected chi connectivity index (χ3v) is 4.07. The Morgan fingerprint density at radius 2 is 1.95 bits per heavy atom. The molecule has 110 valence electrons. The molecule has 0 aliphatic carbocycles. The summed E-state index contributed by atoms with van der Waals surface area (Å²) in [6, 6.07) is 10.4. The van der Waals surface area contributed by atoms with Gasteiger partial charge < -0.3 is 15.1 Å². The molecule has 4 heteroatoms. The van der Waals surface area contributed by atoms with Gasteiger partial charge in [-0.05, 0) is 45.1 Å². The number of hydrogen-bond donors (Lipinski definition) is 1. The van der Waals surface area contributed by atoms with Gasteiger partial charge in [-0.1, -0.05) is 18.2 Å². The quantitative estimate of drug-likeness (QED) is 0.893. The van der Waals surface area contributed by atoms with Crippen molar-refractivity contribution < 1.29 is 4.79 Å². The Bertz CT molecular complexity index is 413. The number of amides is 1. The van der Waals surface area contributed by atoms with Crippen LogP contribution < -0.4 is 5.32 Å². The molecular weight excluding hydrogens is 250 g/mol. The molecule has 0 aromatic heterocycles. The minimum absolute atomic E-state index is 0.239. The molecule has 0 radical (unpaired) electrons. The molecule has 1 aromatic rings. The van der Waals surface area contributed by atoms with Crippen LogP contribution in [0.4, 0.5) is 5.69 Å². The van der Waals surface area contributed by atoms with Gasteiger partial charge in [-0.3, -0.25) is 4.79 Å². The first kappa shape index (κ1) is 14.9. The van der Waals surface area contributed by atoms with Crippen LogP contribution in [0.25, 0.3) is 0 Å². The van der Waals surface area contributed by atoms with Crippen molar-refractivity contribution in [3.8, 4) is 0 Å². The fourth-order valence-electron chi connectivity index (χ4n) is 2.63. The number of rotatable bonds is 5. The number of likely N-dealkylation sites (tertiary alicyclic amines) is 1. The van der Waals surface area contributed by atoms with E-state index in [4.69, 9.17) is 0 Å². The summed E-state index contributed by atoms with van der Waals surface area (Å²) in [4.78, 5) is 16.5. The van der Waals surface area contributed by atoms with E-state index in [-0.39, 0.29) is 5.91 Å². The Balaban J connectivity index is 1.71. The molecule has 1 fully saturated rings. The van der Waals surface area contributed by atoms with E-state index in [2.05, 4.69) is 17.3 Å². The van der Waals surface area contributed by atoms with Crippen molar-refractivity contribution in [2.45, 2.75) is 25.3 Å². The van der Waals surface area contributed by atoms with E-state index in [1.165, 1.54) is 0 Å². The van der Waals surface area contributed by atoms with Gasteiger partial charge in [0.1, 0.15) is 0 Å². The van der Waals surface area contributed by atoms with Crippen molar-refractivity contribution in [3.05, 3.63) is 30.3 Å². The van der Waals surface area contributed by atoms with Crippen LogP contribution in [0, 0.1) is 0 Å². The topological polar surface area (TPSA) is 35.6 Å². The van der Waals surface area contributed by atoms with Gasteiger partial charge in [-0.15, -0.1) is 0 Å². The molecule has 4 nitrogen and oxygen atoms in total. The summed E-state index contributed by atoms with van der Waals surface area (Å²) in [7, 11) is 4.09. The average molecular weight is 275 g/mol. The molecule has 1 aliphatic rings. The molecule has 1 N–H and O–H groups in total. The van der Waals surface area contributed by atoms with Gasteiger partial charge in [0, 0.05) is 31.7 Å². The number of anilines is 1. The molecule has 2 rings (SSSR count). The lowest BCUT2D eigenvalue weighted by Gasteiger charge is -2.35. The predicted octanol–water partition coefficient (Wildman–Crippen LogP) is 2.04. The molecule has 0 unspecified atom stereocenters. The van der Waals surface area contributed by atoms with Crippen LogP contribution in [-0.2, 0) is 4.79 Å². The standard InChI is InChI=1S/C16H25N3O/c1-18-12-9-15(10-13-18)19(2)16(20)8-11-17-14-6-4-3-5-7-14/h3-7,15,17H,8-13H2,1-2H3. The Hall–Kier alpha value is -1.55. The van der Waals surface area contributed by atoms with Crippen molar-refractivity contribution in [1.82, 2.24) is 9.80 Å². The van der Waals surface area contributed by atoms with E-state index in [9.17, 15) is 4.79 Å². The van der Waals surface area contributed by atoms with E-state index in [0.29, 0.717) is 19.0 Å². The second-order valence-electron chi connectivity index (χ2n) is 5.58. The van der Waals surface area contributed by atoms with Crippen LogP contribution in [0.3, 0.4) is 0 Å². The van der Waals surface area contributed by atoms with Crippen LogP contribution in [0.15, 0.2) is 30.3 Å². The summed E-state index contributed by atoms with van der Waals surface area (Å²) < 4.78 is 0. The fourth-order valence-corrected chi connectivity index (χ4v) is 2.63. The van der Waals surface area contributed by atoms with Crippen LogP contribution in [0.5, 0.6) is 0 Å². The summed E-state index contributed by atoms with van der Waals surface area (Å²) in [5.74, 6) is 0.239. The molecule has 1 saturated heterocycles. The fraction of sp³-hybridized carbons (Fsp3) is 0.562. The summed E-state index contributed by atoms with van der Waals surface area (Å²) in [5, 5.41) is 3.28. The number of hydrogen-bond acceptors (Lipinski definition) is 3. The Morgan fingerprint density at radius 1 is 1.30 bits per heavy atom. The van der Waals surface area contributed by atoms with Crippen LogP contribution >= 0.6 is 0 Å². The predicted molar refractivity (Wildman–Crippen MR) is 82.8 cm³/mol. The second kappa shape index (κ2) is 7.29. The number of nitrogens with zero attached hydrogens (tertiary/aromatic N) is 2. The largest absolute Gasteiger partial charge is 0.385 e. The first-order chi connectivity index (χ1) is 9.66. The molecular formula is C16H25N3O. The van der Waals surface area contributed by atoms with Gasteiger partial charge in [-0.2, -0.15) is 0 Å². The Kier molecular flexibility index (Phi) is 5.41. The molecule has 1 aromatic carbocycles. The highest BCUT2D eigenvalue weighted by molar-refractivity contribution is 5.76. The number of para-hydroxylation sites is 1. The van der Waals surface area contributed by atoms with Gasteiger partial charge in [0.2, 0.25) is 5.91 Å². The van der Waals surface area contributed by atoms with E-state index in [0.717, 1.165) is 31.6 Å². The lowest BCUT2D eigenvalue weighted by molar-refractivity contribution is -0.132. The zero-order chi connectivity index (χ0) is 14.4. The molecule has 0 saturated carbocycles. The normalized spacial score (nSPS) is 16.9. The van der Waals surface area contributed by atoms with E-state index >= 15 is 0 Å². The monoisotopic (exact) mass is 275 g/mol. The number of benzene rings is 1. The zero-order valence-corrected chi connectivity index (χ0v) is 12.5. The highest BCUT2D eigenvalue weighted by Crippen LogP contribution is 2.15. The maximum absolute atomic E-state index is 12.2. The highest BCUT2D eigenvalue weighted by Gasteiger charge is 2.23. The van der Waals surface area contributed by atoms with Gasteiger partial charge in [0.15, 0.2) is 0 Å². The number of nitrogens with one attached hydrogen (secondary N) is 1. The SMILES string of the molecule is CN1CCC(N(C)C(=O)CCNc2ccccc2)CC1. The minimum Gasteiger partial charge on any atom is -0.385 e. The maximum atomic E-state index is 12.2. The molecule has 1 heterocycles. The minimum atomic E-state index is 0.239. The van der Waals surface area contributed by atoms with Crippen LogP contribution in [0.1, 0.15) is 19.3 Å². The third-order valence-electron chi connectivity index (χ3n) is 4.07. The molecule has 0 atom stereocenters. The molecule has 20 heavy (non-hydrogen) atoms. The third kappa shape index (κ3) is 4.23. The molecule has 1 amide bonds. The molecule has 1 aliphatic heterocycles. The van der Waals surface area contributed by atoms with Crippen molar-refractivity contribution in [2.75, 3.05) is 39.0 Å². The van der Waals surface area contributed by atoms with Crippen molar-refractivity contribution in [2.24, 2.45) is 0 Å². The first-order valence-electron chi connectivity index (χ1n) is 7.40. The first-order valence-corrected chi connectivity index (χ1v) is 7.40. The maximum Gasteiger partial charge on any atom is 0.224 e. The Labute approximate surface area is 121 Å². The summed E-state index contributed by atoms with van der Waals surface area (Å²) in [6.07, 6.45) is 2.73. The number of carbonyl (C=O) groups excluding carboxylic acids is 1. The van der Waals surface area contributed by atoms with E-state index in [1.807, 2.05) is 42.3 Å². The van der Waals surface area contributed by atoms with Gasteiger partial charge in [0.25, 0.3) is 0 Å². The smallest absolute Gasteiger partial charge is 0.224 e. The van der Waals surface area contributed by atoms with E-state index < -0.39 is 0 Å². The van der Waals surface area contributed by atoms with Crippen LogP contribution in [-0.4, -0.2) is 55.5 Å². The molecule has 0 spiro atoms. The highest BCUT2D eigenvalue weighted by atomic mass is 16.2. The van der Waals surface area contributed by atoms with E-state index in [1.54, 1.807) is 0 Å². The van der Waals surface area contributed by atoms with Crippen LogP contribution in [0.2, 0.25) is 0 Å². The Morgan fingerprint density at radius 3 is 2.60 bits per heavy atom. The zero-order valence-electron chi connectivity index (χ0n) is 12.5.